The summed E-state index contributed by atoms with van der Waals surface area (Å²) in [6.45, 7) is 12.1. The number of ketones is 1. The normalized spacial score (nSPS) is 19.4. The van der Waals surface area contributed by atoms with Crippen molar-refractivity contribution in [2.45, 2.75) is 79.2 Å². The first-order chi connectivity index (χ1) is 12.1. The summed E-state index contributed by atoms with van der Waals surface area (Å²) >= 11 is 0. The first-order valence-corrected chi connectivity index (χ1v) is 9.74. The van der Waals surface area contributed by atoms with Crippen LogP contribution in [0.15, 0.2) is 17.7 Å². The van der Waals surface area contributed by atoms with Gasteiger partial charge in [-0.3, -0.25) is 4.79 Å². The zero-order chi connectivity index (χ0) is 19.3. The fourth-order valence-electron chi connectivity index (χ4n) is 4.53. The molecule has 3 nitrogen and oxygen atoms in total. The molecule has 26 heavy (non-hydrogen) atoms. The maximum Gasteiger partial charge on any atom is 0.340 e. The van der Waals surface area contributed by atoms with Gasteiger partial charge in [0.25, 0.3) is 0 Å². The van der Waals surface area contributed by atoms with Gasteiger partial charge in [-0.1, -0.05) is 38.5 Å². The van der Waals surface area contributed by atoms with Crippen LogP contribution in [0, 0.1) is 26.2 Å². The predicted molar refractivity (Wildman–Crippen MR) is 104 cm³/mol. The minimum atomic E-state index is -0.709. The molecule has 3 rings (SSSR count). The van der Waals surface area contributed by atoms with Crippen molar-refractivity contribution in [1.82, 2.24) is 0 Å². The topological polar surface area (TPSA) is 43.4 Å². The fourth-order valence-corrected chi connectivity index (χ4v) is 4.53. The Labute approximate surface area is 156 Å². The van der Waals surface area contributed by atoms with Crippen molar-refractivity contribution >= 4 is 17.3 Å². The molecule has 1 heterocycles. The Morgan fingerprint density at radius 2 is 1.65 bits per heavy atom. The molecule has 1 aliphatic carbocycles. The van der Waals surface area contributed by atoms with Crippen molar-refractivity contribution in [3.8, 4) is 0 Å². The van der Waals surface area contributed by atoms with Crippen LogP contribution in [0.4, 0.5) is 0 Å². The lowest BCUT2D eigenvalue weighted by molar-refractivity contribution is -0.145. The zero-order valence-electron chi connectivity index (χ0n) is 16.9. The van der Waals surface area contributed by atoms with E-state index in [4.69, 9.17) is 4.74 Å². The Kier molecular flexibility index (Phi) is 4.62. The van der Waals surface area contributed by atoms with Gasteiger partial charge in [-0.25, -0.2) is 4.79 Å². The van der Waals surface area contributed by atoms with Crippen LogP contribution >= 0.6 is 0 Å². The molecular weight excluding hydrogens is 324 g/mol. The van der Waals surface area contributed by atoms with E-state index in [9.17, 15) is 9.59 Å². The average molecular weight is 354 g/mol. The number of aryl methyl sites for hydroxylation is 3. The van der Waals surface area contributed by atoms with Gasteiger partial charge in [0.1, 0.15) is 5.60 Å². The van der Waals surface area contributed by atoms with Crippen molar-refractivity contribution in [2.24, 2.45) is 5.41 Å². The van der Waals surface area contributed by atoms with Gasteiger partial charge >= 0.3 is 5.97 Å². The van der Waals surface area contributed by atoms with Gasteiger partial charge in [-0.2, -0.15) is 0 Å². The molecule has 0 atom stereocenters. The molecule has 0 amide bonds. The highest BCUT2D eigenvalue weighted by Gasteiger charge is 2.54. The summed E-state index contributed by atoms with van der Waals surface area (Å²) in [5, 5.41) is 0. The number of hydrogen-bond acceptors (Lipinski definition) is 3. The first-order valence-electron chi connectivity index (χ1n) is 9.74. The van der Waals surface area contributed by atoms with Crippen LogP contribution in [0.3, 0.4) is 0 Å². The van der Waals surface area contributed by atoms with Crippen LogP contribution in [-0.2, 0) is 14.3 Å². The number of hydrogen-bond donors (Lipinski definition) is 0. The SMILES string of the molecule is CCC(C)(C)C(=O)C1=C(c2c(C)cc(C)cc2C)C(=O)OC12CCCC2. The van der Waals surface area contributed by atoms with E-state index in [-0.39, 0.29) is 11.8 Å². The Morgan fingerprint density at radius 1 is 1.12 bits per heavy atom. The number of carbonyl (C=O) groups excluding carboxylic acids is 2. The lowest BCUT2D eigenvalue weighted by Crippen LogP contribution is -2.37. The summed E-state index contributed by atoms with van der Waals surface area (Å²) in [5.41, 5.74) is 4.06. The van der Waals surface area contributed by atoms with Crippen LogP contribution in [-0.4, -0.2) is 17.4 Å². The summed E-state index contributed by atoms with van der Waals surface area (Å²) in [6.07, 6.45) is 4.24. The second-order valence-corrected chi connectivity index (χ2v) is 8.68. The molecule has 140 valence electrons. The summed E-state index contributed by atoms with van der Waals surface area (Å²) in [7, 11) is 0. The lowest BCUT2D eigenvalue weighted by atomic mass is 9.73. The molecule has 3 heteroatoms. The molecule has 0 bridgehead atoms. The van der Waals surface area contributed by atoms with Crippen molar-refractivity contribution in [3.05, 3.63) is 40.0 Å². The minimum Gasteiger partial charge on any atom is -0.450 e. The molecule has 0 radical (unpaired) electrons. The fraction of sp³-hybridized carbons (Fsp3) is 0.565. The number of esters is 1. The van der Waals surface area contributed by atoms with E-state index >= 15 is 0 Å². The van der Waals surface area contributed by atoms with Crippen LogP contribution in [0.1, 0.15) is 75.1 Å². The summed E-state index contributed by atoms with van der Waals surface area (Å²) in [6, 6.07) is 4.16. The quantitative estimate of drug-likeness (QED) is 0.694. The molecule has 1 aliphatic heterocycles. The highest BCUT2D eigenvalue weighted by atomic mass is 16.6. The van der Waals surface area contributed by atoms with Crippen molar-refractivity contribution in [2.75, 3.05) is 0 Å². The number of carbonyl (C=O) groups is 2. The van der Waals surface area contributed by atoms with Crippen molar-refractivity contribution in [1.29, 1.82) is 0 Å². The van der Waals surface area contributed by atoms with E-state index in [1.54, 1.807) is 0 Å². The van der Waals surface area contributed by atoms with Gasteiger partial charge in [0.15, 0.2) is 5.78 Å². The monoisotopic (exact) mass is 354 g/mol. The Hall–Kier alpha value is -1.90. The molecule has 0 aromatic heterocycles. The molecule has 1 fully saturated rings. The third-order valence-electron chi connectivity index (χ3n) is 6.26. The highest BCUT2D eigenvalue weighted by Crippen LogP contribution is 2.51. The highest BCUT2D eigenvalue weighted by molar-refractivity contribution is 6.28. The first kappa shape index (κ1) is 18.9. The Morgan fingerprint density at radius 3 is 2.15 bits per heavy atom. The Balaban J connectivity index is 2.31. The van der Waals surface area contributed by atoms with Gasteiger partial charge < -0.3 is 4.74 Å². The predicted octanol–water partition coefficient (Wildman–Crippen LogP) is 5.24. The molecule has 1 aromatic carbocycles. The number of ether oxygens (including phenoxy) is 1. The number of rotatable bonds is 4. The molecule has 0 saturated heterocycles. The van der Waals surface area contributed by atoms with Gasteiger partial charge in [0, 0.05) is 5.41 Å². The van der Waals surface area contributed by atoms with Gasteiger partial charge in [-0.15, -0.1) is 0 Å². The van der Waals surface area contributed by atoms with Gasteiger partial charge in [0.2, 0.25) is 0 Å². The zero-order valence-corrected chi connectivity index (χ0v) is 16.9. The molecule has 2 aliphatic rings. The van der Waals surface area contributed by atoms with Crippen molar-refractivity contribution in [3.63, 3.8) is 0 Å². The molecule has 0 N–H and O–H groups in total. The van der Waals surface area contributed by atoms with Crippen LogP contribution in [0.2, 0.25) is 0 Å². The van der Waals surface area contributed by atoms with Crippen molar-refractivity contribution < 1.29 is 14.3 Å². The second kappa shape index (κ2) is 6.37. The number of Topliss-reactive ketones (excluding diaryl/α,β-unsaturated/α-hetero) is 1. The molecule has 1 aromatic rings. The third-order valence-corrected chi connectivity index (χ3v) is 6.26. The van der Waals surface area contributed by atoms with Crippen LogP contribution in [0.25, 0.3) is 5.57 Å². The summed E-state index contributed by atoms with van der Waals surface area (Å²) in [4.78, 5) is 26.6. The molecular formula is C23H30O3. The summed E-state index contributed by atoms with van der Waals surface area (Å²) < 4.78 is 5.96. The maximum absolute atomic E-state index is 13.6. The lowest BCUT2D eigenvalue weighted by Gasteiger charge is -2.30. The molecule has 1 spiro atoms. The van der Waals surface area contributed by atoms with E-state index < -0.39 is 11.0 Å². The van der Waals surface area contributed by atoms with Crippen LogP contribution < -0.4 is 0 Å². The Bertz CT molecular complexity index is 782. The van der Waals surface area contributed by atoms with Gasteiger partial charge in [0.05, 0.1) is 11.1 Å². The smallest absolute Gasteiger partial charge is 0.340 e. The second-order valence-electron chi connectivity index (χ2n) is 8.68. The van der Waals surface area contributed by atoms with E-state index in [1.807, 2.05) is 34.6 Å². The maximum atomic E-state index is 13.6. The number of benzene rings is 1. The molecule has 0 unspecified atom stereocenters. The third kappa shape index (κ3) is 2.82. The van der Waals surface area contributed by atoms with E-state index in [0.717, 1.165) is 54.4 Å². The summed E-state index contributed by atoms with van der Waals surface area (Å²) in [5.74, 6) is -0.251. The average Bonchev–Trinajstić information content (AvgIpc) is 3.11. The standard InChI is InChI=1S/C23H30O3/c1-7-22(5,6)20(24)19-18(17-15(3)12-14(2)13-16(17)4)21(25)26-23(19)10-8-9-11-23/h12-13H,7-11H2,1-6H3. The molecule has 1 saturated carbocycles. The van der Waals surface area contributed by atoms with E-state index in [1.165, 1.54) is 0 Å². The van der Waals surface area contributed by atoms with E-state index in [0.29, 0.717) is 11.1 Å². The van der Waals surface area contributed by atoms with E-state index in [2.05, 4.69) is 19.1 Å². The van der Waals surface area contributed by atoms with Crippen LogP contribution in [0.5, 0.6) is 0 Å². The minimum absolute atomic E-state index is 0.0714. The largest absolute Gasteiger partial charge is 0.450 e. The van der Waals surface area contributed by atoms with Gasteiger partial charge in [-0.05, 0) is 69.6 Å².